The fourth-order valence-electron chi connectivity index (χ4n) is 0.875. The summed E-state index contributed by atoms with van der Waals surface area (Å²) in [6, 6.07) is -1.80. The lowest BCUT2D eigenvalue weighted by Gasteiger charge is -2.20. The average molecular weight is 226 g/mol. The van der Waals surface area contributed by atoms with E-state index in [4.69, 9.17) is 20.6 Å². The van der Waals surface area contributed by atoms with E-state index in [1.165, 1.54) is 0 Å². The standard InChI is InChI=1S/C6H15N2O5P/c1-2-4(7)5(6(9)10)8-3-14(11,12)13/h4-5,8H,2-3,7H2,1H3,(H,9,10)(H2,11,12,13). The number of carboxylic acids is 1. The number of hydrogen-bond donors (Lipinski definition) is 5. The Labute approximate surface area is 81.5 Å². The van der Waals surface area contributed by atoms with Gasteiger partial charge in [0.25, 0.3) is 0 Å². The Morgan fingerprint density at radius 1 is 1.57 bits per heavy atom. The van der Waals surface area contributed by atoms with E-state index >= 15 is 0 Å². The number of carbonyl (C=O) groups is 1. The minimum absolute atomic E-state index is 0.408. The monoisotopic (exact) mass is 226 g/mol. The van der Waals surface area contributed by atoms with E-state index in [0.29, 0.717) is 6.42 Å². The van der Waals surface area contributed by atoms with Gasteiger partial charge in [-0.2, -0.15) is 0 Å². The first kappa shape index (κ1) is 13.5. The van der Waals surface area contributed by atoms with E-state index in [1.807, 2.05) is 0 Å². The van der Waals surface area contributed by atoms with Crippen molar-refractivity contribution in [1.29, 1.82) is 0 Å². The summed E-state index contributed by atoms with van der Waals surface area (Å²) in [5, 5.41) is 10.9. The Hall–Kier alpha value is -0.460. The van der Waals surface area contributed by atoms with Crippen LogP contribution in [-0.4, -0.2) is 39.2 Å². The fourth-order valence-corrected chi connectivity index (χ4v) is 1.31. The van der Waals surface area contributed by atoms with Crippen LogP contribution in [0.15, 0.2) is 0 Å². The van der Waals surface area contributed by atoms with Crippen LogP contribution in [0.1, 0.15) is 13.3 Å². The molecule has 0 radical (unpaired) electrons. The Morgan fingerprint density at radius 3 is 2.36 bits per heavy atom. The molecule has 0 spiro atoms. The molecule has 0 heterocycles. The molecule has 0 saturated heterocycles. The third-order valence-corrected chi connectivity index (χ3v) is 2.28. The van der Waals surface area contributed by atoms with Gasteiger partial charge in [-0.05, 0) is 6.42 Å². The minimum atomic E-state index is -4.24. The molecular formula is C6H15N2O5P. The van der Waals surface area contributed by atoms with Gasteiger partial charge in [-0.15, -0.1) is 0 Å². The predicted octanol–water partition coefficient (Wildman–Crippen LogP) is -1.10. The summed E-state index contributed by atoms with van der Waals surface area (Å²) in [5.74, 6) is -1.21. The van der Waals surface area contributed by atoms with Crippen LogP contribution in [0.2, 0.25) is 0 Å². The molecule has 0 aliphatic carbocycles. The van der Waals surface area contributed by atoms with E-state index in [2.05, 4.69) is 5.32 Å². The highest BCUT2D eigenvalue weighted by Crippen LogP contribution is 2.32. The number of nitrogens with two attached hydrogens (primary N) is 1. The summed E-state index contributed by atoms with van der Waals surface area (Å²) in [5.41, 5.74) is 5.45. The zero-order valence-electron chi connectivity index (χ0n) is 7.75. The van der Waals surface area contributed by atoms with Crippen LogP contribution in [0, 0.1) is 0 Å². The molecule has 8 heteroatoms. The quantitative estimate of drug-likeness (QED) is 0.363. The third kappa shape index (κ3) is 5.31. The van der Waals surface area contributed by atoms with Crippen molar-refractivity contribution < 1.29 is 24.3 Å². The normalized spacial score (nSPS) is 16.3. The van der Waals surface area contributed by atoms with Crippen molar-refractivity contribution in [2.45, 2.75) is 25.4 Å². The molecule has 2 atom stereocenters. The van der Waals surface area contributed by atoms with Crippen molar-refractivity contribution in [3.63, 3.8) is 0 Å². The van der Waals surface area contributed by atoms with Gasteiger partial charge >= 0.3 is 13.6 Å². The fraction of sp³-hybridized carbons (Fsp3) is 0.833. The van der Waals surface area contributed by atoms with Gasteiger partial charge in [0.15, 0.2) is 0 Å². The predicted molar refractivity (Wildman–Crippen MR) is 49.7 cm³/mol. The molecule has 0 saturated carbocycles. The second-order valence-electron chi connectivity index (χ2n) is 2.91. The van der Waals surface area contributed by atoms with Crippen molar-refractivity contribution in [3.05, 3.63) is 0 Å². The Bertz CT molecular complexity index is 240. The van der Waals surface area contributed by atoms with Crippen LogP contribution in [0.4, 0.5) is 0 Å². The Balaban J connectivity index is 4.25. The maximum Gasteiger partial charge on any atom is 0.339 e. The smallest absolute Gasteiger partial charge is 0.339 e. The van der Waals surface area contributed by atoms with Gasteiger partial charge in [-0.25, -0.2) is 0 Å². The second-order valence-corrected chi connectivity index (χ2v) is 4.56. The molecule has 0 bridgehead atoms. The number of rotatable bonds is 6. The molecule has 0 aromatic carbocycles. The second kappa shape index (κ2) is 5.43. The number of nitrogens with one attached hydrogen (secondary N) is 1. The first-order valence-corrected chi connectivity index (χ1v) is 5.84. The molecule has 7 nitrogen and oxygen atoms in total. The number of hydrogen-bond acceptors (Lipinski definition) is 4. The van der Waals surface area contributed by atoms with Crippen LogP contribution in [0.25, 0.3) is 0 Å². The van der Waals surface area contributed by atoms with Crippen molar-refractivity contribution in [2.75, 3.05) is 6.29 Å². The number of aliphatic carboxylic acids is 1. The molecule has 2 unspecified atom stereocenters. The molecule has 6 N–H and O–H groups in total. The zero-order valence-corrected chi connectivity index (χ0v) is 8.65. The molecule has 0 aliphatic heterocycles. The highest BCUT2D eigenvalue weighted by atomic mass is 31.2. The topological polar surface area (TPSA) is 133 Å². The van der Waals surface area contributed by atoms with Gasteiger partial charge in [0.1, 0.15) is 6.04 Å². The van der Waals surface area contributed by atoms with E-state index in [1.54, 1.807) is 6.92 Å². The van der Waals surface area contributed by atoms with Crippen LogP contribution in [0.5, 0.6) is 0 Å². The van der Waals surface area contributed by atoms with E-state index in [-0.39, 0.29) is 0 Å². The summed E-state index contributed by atoms with van der Waals surface area (Å²) in [7, 11) is -4.24. The summed E-state index contributed by atoms with van der Waals surface area (Å²) in [6.45, 7) is 1.69. The molecule has 0 rings (SSSR count). The van der Waals surface area contributed by atoms with Crippen LogP contribution in [0.3, 0.4) is 0 Å². The summed E-state index contributed by atoms with van der Waals surface area (Å²) < 4.78 is 10.5. The Kier molecular flexibility index (Phi) is 5.25. The number of carboxylic acid groups (broad SMARTS) is 1. The molecule has 0 aromatic heterocycles. The van der Waals surface area contributed by atoms with Crippen molar-refractivity contribution in [1.82, 2.24) is 5.32 Å². The molecule has 0 amide bonds. The lowest BCUT2D eigenvalue weighted by molar-refractivity contribution is -0.139. The SMILES string of the molecule is CCC(N)C(NCP(=O)(O)O)C(=O)O. The zero-order chi connectivity index (χ0) is 11.4. The average Bonchev–Trinajstić information content (AvgIpc) is 2.01. The molecule has 0 aromatic rings. The van der Waals surface area contributed by atoms with Gasteiger partial charge in [0.2, 0.25) is 0 Å². The maximum atomic E-state index is 10.6. The van der Waals surface area contributed by atoms with Crippen molar-refractivity contribution in [2.24, 2.45) is 5.73 Å². The highest BCUT2D eigenvalue weighted by Gasteiger charge is 2.26. The molecule has 0 fully saturated rings. The van der Waals surface area contributed by atoms with E-state index in [0.717, 1.165) is 0 Å². The Morgan fingerprint density at radius 2 is 2.07 bits per heavy atom. The first-order chi connectivity index (χ1) is 6.28. The van der Waals surface area contributed by atoms with Gasteiger partial charge in [-0.3, -0.25) is 14.7 Å². The van der Waals surface area contributed by atoms with Gasteiger partial charge in [0, 0.05) is 6.04 Å². The lowest BCUT2D eigenvalue weighted by atomic mass is 10.1. The summed E-state index contributed by atoms with van der Waals surface area (Å²) in [6.07, 6.45) is -0.275. The third-order valence-electron chi connectivity index (χ3n) is 1.68. The largest absolute Gasteiger partial charge is 0.480 e. The first-order valence-electron chi connectivity index (χ1n) is 4.04. The molecule has 14 heavy (non-hydrogen) atoms. The highest BCUT2D eigenvalue weighted by molar-refractivity contribution is 7.51. The molecule has 0 aliphatic rings. The van der Waals surface area contributed by atoms with Crippen molar-refractivity contribution >= 4 is 13.6 Å². The van der Waals surface area contributed by atoms with Crippen molar-refractivity contribution in [3.8, 4) is 0 Å². The summed E-state index contributed by atoms with van der Waals surface area (Å²) >= 11 is 0. The van der Waals surface area contributed by atoms with Gasteiger partial charge < -0.3 is 20.6 Å². The minimum Gasteiger partial charge on any atom is -0.480 e. The van der Waals surface area contributed by atoms with Crippen LogP contribution < -0.4 is 11.1 Å². The van der Waals surface area contributed by atoms with Gasteiger partial charge in [0.05, 0.1) is 6.29 Å². The van der Waals surface area contributed by atoms with Gasteiger partial charge in [-0.1, -0.05) is 6.92 Å². The van der Waals surface area contributed by atoms with E-state index in [9.17, 15) is 9.36 Å². The molecular weight excluding hydrogens is 211 g/mol. The maximum absolute atomic E-state index is 10.6. The molecule has 84 valence electrons. The van der Waals surface area contributed by atoms with E-state index < -0.39 is 31.9 Å². The lowest BCUT2D eigenvalue weighted by Crippen LogP contribution is -2.50. The summed E-state index contributed by atoms with van der Waals surface area (Å²) in [4.78, 5) is 27.7. The van der Waals surface area contributed by atoms with Crippen LogP contribution in [-0.2, 0) is 9.36 Å². The van der Waals surface area contributed by atoms with Crippen LogP contribution >= 0.6 is 7.60 Å².